The lowest BCUT2D eigenvalue weighted by Gasteiger charge is -2.14. The molecular formula is C24H28N4O5S. The Morgan fingerprint density at radius 1 is 1.21 bits per heavy atom. The second-order valence-corrected chi connectivity index (χ2v) is 8.80. The Kier molecular flexibility index (Phi) is 9.65. The minimum absolute atomic E-state index is 0.0651. The monoisotopic (exact) mass is 484 g/mol. The number of aliphatic imine (C=N–C) groups is 1. The molecule has 1 aliphatic rings. The van der Waals surface area contributed by atoms with Crippen LogP contribution in [0, 0.1) is 0 Å². The van der Waals surface area contributed by atoms with Crippen molar-refractivity contribution in [2.45, 2.75) is 38.3 Å². The normalized spacial score (nSPS) is 14.1. The first-order chi connectivity index (χ1) is 16.5. The summed E-state index contributed by atoms with van der Waals surface area (Å²) in [7, 11) is 0. The largest absolute Gasteiger partial charge is 0.480 e. The van der Waals surface area contributed by atoms with E-state index in [1.54, 1.807) is 0 Å². The number of allylic oxidation sites excluding steroid dienone is 1. The topological polar surface area (TPSA) is 129 Å². The summed E-state index contributed by atoms with van der Waals surface area (Å²) in [5.74, 6) is -0.696. The zero-order valence-corrected chi connectivity index (χ0v) is 19.5. The maximum atomic E-state index is 12.0. The molecule has 0 saturated carbocycles. The van der Waals surface area contributed by atoms with Gasteiger partial charge in [0, 0.05) is 35.7 Å². The second-order valence-electron chi connectivity index (χ2n) is 7.60. The van der Waals surface area contributed by atoms with Crippen LogP contribution < -0.4 is 16.0 Å². The average Bonchev–Trinajstić information content (AvgIpc) is 3.28. The summed E-state index contributed by atoms with van der Waals surface area (Å²) in [5, 5.41) is 17.7. The highest BCUT2D eigenvalue weighted by molar-refractivity contribution is 7.12. The molecule has 0 saturated heterocycles. The summed E-state index contributed by atoms with van der Waals surface area (Å²) in [6.07, 6.45) is 5.04. The Bertz CT molecular complexity index is 1030. The third-order valence-electron chi connectivity index (χ3n) is 4.87. The molecule has 1 aromatic heterocycles. The lowest BCUT2D eigenvalue weighted by molar-refractivity contribution is -0.139. The van der Waals surface area contributed by atoms with Crippen LogP contribution in [-0.4, -0.2) is 48.2 Å². The van der Waals surface area contributed by atoms with E-state index in [2.05, 4.69) is 20.9 Å². The van der Waals surface area contributed by atoms with Crippen molar-refractivity contribution in [1.29, 1.82) is 0 Å². The van der Waals surface area contributed by atoms with E-state index in [9.17, 15) is 19.5 Å². The van der Waals surface area contributed by atoms with Crippen molar-refractivity contribution in [2.75, 3.05) is 13.1 Å². The number of carbonyl (C=O) groups is 3. The maximum Gasteiger partial charge on any atom is 0.408 e. The van der Waals surface area contributed by atoms with Gasteiger partial charge < -0.3 is 20.5 Å². The fourth-order valence-corrected chi connectivity index (χ4v) is 4.12. The van der Waals surface area contributed by atoms with Gasteiger partial charge in [-0.3, -0.25) is 15.1 Å². The molecule has 2 aromatic rings. The molecule has 1 aromatic carbocycles. The van der Waals surface area contributed by atoms with Crippen LogP contribution in [0.5, 0.6) is 0 Å². The van der Waals surface area contributed by atoms with Crippen molar-refractivity contribution in [3.8, 4) is 0 Å². The van der Waals surface area contributed by atoms with Crippen molar-refractivity contribution >= 4 is 41.3 Å². The molecule has 3 rings (SSSR count). The Labute approximate surface area is 201 Å². The molecule has 34 heavy (non-hydrogen) atoms. The molecular weight excluding hydrogens is 456 g/mol. The summed E-state index contributed by atoms with van der Waals surface area (Å²) >= 11 is 1.43. The number of nitrogens with zero attached hydrogens (tertiary/aromatic N) is 1. The fourth-order valence-electron chi connectivity index (χ4n) is 3.13. The van der Waals surface area contributed by atoms with Gasteiger partial charge >= 0.3 is 12.1 Å². The number of benzene rings is 1. The molecule has 0 aliphatic carbocycles. The molecule has 4 N–H and O–H groups in total. The fraction of sp³-hybridized carbons (Fsp3) is 0.333. The van der Waals surface area contributed by atoms with Crippen LogP contribution in [0.15, 0.2) is 53.5 Å². The van der Waals surface area contributed by atoms with Crippen LogP contribution in [0.25, 0.3) is 6.08 Å². The quantitative estimate of drug-likeness (QED) is 0.410. The highest BCUT2D eigenvalue weighted by atomic mass is 32.1. The SMILES string of the molecule is O=C(CC/C=C/c1ccc(CC(NC(=O)OCc2ccccc2)C(=O)O)s1)NC1=NCCCN1. The molecule has 2 heterocycles. The first-order valence-corrected chi connectivity index (χ1v) is 11.8. The zero-order chi connectivity index (χ0) is 24.2. The Morgan fingerprint density at radius 3 is 2.76 bits per heavy atom. The molecule has 1 atom stereocenters. The minimum atomic E-state index is -1.13. The standard InChI is InChI=1S/C24H28N4O5S/c29-21(28-23-25-13-6-14-26-23)10-5-4-9-18-11-12-19(34-18)15-20(22(30)31)27-24(32)33-16-17-7-2-1-3-8-17/h1-4,7-9,11-12,20H,5-6,10,13-16H2,(H,27,32)(H,30,31)(H2,25,26,28,29)/b9-4+. The third kappa shape index (κ3) is 8.70. The number of carbonyl (C=O) groups excluding carboxylic acids is 2. The highest BCUT2D eigenvalue weighted by Gasteiger charge is 2.22. The van der Waals surface area contributed by atoms with E-state index in [4.69, 9.17) is 4.74 Å². The van der Waals surface area contributed by atoms with Crippen molar-refractivity contribution in [2.24, 2.45) is 4.99 Å². The molecule has 0 radical (unpaired) electrons. The number of carboxylic acids is 1. The van der Waals surface area contributed by atoms with Gasteiger partial charge in [0.25, 0.3) is 0 Å². The molecule has 0 spiro atoms. The molecule has 10 heteroatoms. The number of rotatable bonds is 10. The number of nitrogens with one attached hydrogen (secondary N) is 3. The number of carboxylic acid groups (broad SMARTS) is 1. The van der Waals surface area contributed by atoms with Gasteiger partial charge in [-0.1, -0.05) is 36.4 Å². The van der Waals surface area contributed by atoms with Crippen LogP contribution in [0.2, 0.25) is 0 Å². The van der Waals surface area contributed by atoms with E-state index in [0.29, 0.717) is 18.8 Å². The van der Waals surface area contributed by atoms with Gasteiger partial charge in [0.15, 0.2) is 5.96 Å². The van der Waals surface area contributed by atoms with E-state index >= 15 is 0 Å². The summed E-state index contributed by atoms with van der Waals surface area (Å²) in [6.45, 7) is 1.60. The summed E-state index contributed by atoms with van der Waals surface area (Å²) in [4.78, 5) is 41.6. The number of amides is 2. The van der Waals surface area contributed by atoms with Gasteiger partial charge in [0.2, 0.25) is 5.91 Å². The first kappa shape index (κ1) is 25.0. The van der Waals surface area contributed by atoms with Crippen LogP contribution in [0.4, 0.5) is 4.79 Å². The third-order valence-corrected chi connectivity index (χ3v) is 5.94. The average molecular weight is 485 g/mol. The number of guanidine groups is 1. The molecule has 180 valence electrons. The van der Waals surface area contributed by atoms with Gasteiger partial charge in [0.05, 0.1) is 0 Å². The molecule has 1 unspecified atom stereocenters. The van der Waals surface area contributed by atoms with E-state index in [-0.39, 0.29) is 18.9 Å². The molecule has 0 fully saturated rings. The van der Waals surface area contributed by atoms with Crippen molar-refractivity contribution < 1.29 is 24.2 Å². The van der Waals surface area contributed by atoms with E-state index in [1.807, 2.05) is 54.6 Å². The Hall–Kier alpha value is -3.66. The van der Waals surface area contributed by atoms with Crippen molar-refractivity contribution in [3.63, 3.8) is 0 Å². The van der Waals surface area contributed by atoms with Gasteiger partial charge in [-0.05, 0) is 36.6 Å². The second kappa shape index (κ2) is 13.1. The van der Waals surface area contributed by atoms with Gasteiger partial charge in [-0.25, -0.2) is 9.59 Å². The van der Waals surface area contributed by atoms with Crippen LogP contribution in [0.3, 0.4) is 0 Å². The smallest absolute Gasteiger partial charge is 0.408 e. The number of hydrogen-bond donors (Lipinski definition) is 4. The lowest BCUT2D eigenvalue weighted by Crippen LogP contribution is -2.43. The number of thiophene rings is 1. The van der Waals surface area contributed by atoms with Gasteiger partial charge in [-0.2, -0.15) is 0 Å². The molecule has 1 aliphatic heterocycles. The first-order valence-electron chi connectivity index (χ1n) is 11.0. The van der Waals surface area contributed by atoms with E-state index < -0.39 is 18.1 Å². The highest BCUT2D eigenvalue weighted by Crippen LogP contribution is 2.20. The zero-order valence-electron chi connectivity index (χ0n) is 18.7. The number of aliphatic carboxylic acids is 1. The summed E-state index contributed by atoms with van der Waals surface area (Å²) in [5.41, 5.74) is 0.816. The summed E-state index contributed by atoms with van der Waals surface area (Å²) < 4.78 is 5.12. The minimum Gasteiger partial charge on any atom is -0.480 e. The Morgan fingerprint density at radius 2 is 2.03 bits per heavy atom. The maximum absolute atomic E-state index is 12.0. The number of ether oxygens (including phenoxy) is 1. The number of alkyl carbamates (subject to hydrolysis) is 1. The van der Waals surface area contributed by atoms with Gasteiger partial charge in [0.1, 0.15) is 12.6 Å². The Balaban J connectivity index is 1.42. The molecule has 9 nitrogen and oxygen atoms in total. The van der Waals surface area contributed by atoms with Crippen molar-refractivity contribution in [1.82, 2.24) is 16.0 Å². The summed E-state index contributed by atoms with van der Waals surface area (Å²) in [6, 6.07) is 11.8. The van der Waals surface area contributed by atoms with Crippen LogP contribution in [0.1, 0.15) is 34.6 Å². The predicted molar refractivity (Wildman–Crippen MR) is 131 cm³/mol. The van der Waals surface area contributed by atoms with Gasteiger partial charge in [-0.15, -0.1) is 11.3 Å². The van der Waals surface area contributed by atoms with Crippen LogP contribution in [-0.2, 0) is 27.4 Å². The van der Waals surface area contributed by atoms with E-state index in [1.165, 1.54) is 11.3 Å². The van der Waals surface area contributed by atoms with Crippen molar-refractivity contribution in [3.05, 3.63) is 63.9 Å². The molecule has 2 amide bonds. The lowest BCUT2D eigenvalue weighted by atomic mass is 10.2. The van der Waals surface area contributed by atoms with Crippen LogP contribution >= 0.6 is 11.3 Å². The van der Waals surface area contributed by atoms with E-state index in [0.717, 1.165) is 34.8 Å². The molecule has 0 bridgehead atoms. The predicted octanol–water partition coefficient (Wildman–Crippen LogP) is 2.93. The number of hydrogen-bond acceptors (Lipinski definition) is 7.